The summed E-state index contributed by atoms with van der Waals surface area (Å²) in [7, 11) is 0. The lowest BCUT2D eigenvalue weighted by Crippen LogP contribution is -2.38. The standard InChI is InChI=1S/C17H24N2O2/c1-2-17(20)19-9-10-21-16-7-6-13(12-15(16)19)11-14-5-3-4-8-18-14/h6-7,12,14,18H,2-5,8-11H2,1H3. The van der Waals surface area contributed by atoms with E-state index in [9.17, 15) is 4.79 Å². The van der Waals surface area contributed by atoms with Gasteiger partial charge in [-0.15, -0.1) is 0 Å². The quantitative estimate of drug-likeness (QED) is 0.929. The van der Waals surface area contributed by atoms with Crippen LogP contribution < -0.4 is 15.0 Å². The van der Waals surface area contributed by atoms with Gasteiger partial charge in [0.1, 0.15) is 12.4 Å². The maximum absolute atomic E-state index is 12.1. The molecule has 2 aliphatic rings. The molecule has 1 fully saturated rings. The lowest BCUT2D eigenvalue weighted by Gasteiger charge is -2.30. The number of carbonyl (C=O) groups excluding carboxylic acids is 1. The molecule has 1 unspecified atom stereocenters. The Morgan fingerprint density at radius 1 is 1.43 bits per heavy atom. The number of nitrogens with zero attached hydrogens (tertiary/aromatic N) is 1. The highest BCUT2D eigenvalue weighted by atomic mass is 16.5. The van der Waals surface area contributed by atoms with Crippen LogP contribution in [0.25, 0.3) is 0 Å². The SMILES string of the molecule is CCC(=O)N1CCOc2ccc(CC3CCCCN3)cc21. The smallest absolute Gasteiger partial charge is 0.226 e. The topological polar surface area (TPSA) is 41.6 Å². The van der Waals surface area contributed by atoms with E-state index in [1.165, 1.54) is 24.8 Å². The van der Waals surface area contributed by atoms with E-state index >= 15 is 0 Å². The molecule has 0 spiro atoms. The van der Waals surface area contributed by atoms with Gasteiger partial charge in [-0.3, -0.25) is 4.79 Å². The van der Waals surface area contributed by atoms with Crippen LogP contribution in [0.1, 0.15) is 38.2 Å². The van der Waals surface area contributed by atoms with Gasteiger partial charge in [-0.25, -0.2) is 0 Å². The highest BCUT2D eigenvalue weighted by Crippen LogP contribution is 2.33. The molecular weight excluding hydrogens is 264 g/mol. The second-order valence-corrected chi connectivity index (χ2v) is 5.90. The predicted molar refractivity (Wildman–Crippen MR) is 83.9 cm³/mol. The van der Waals surface area contributed by atoms with Gasteiger partial charge in [-0.1, -0.05) is 19.4 Å². The van der Waals surface area contributed by atoms with Crippen molar-refractivity contribution in [2.75, 3.05) is 24.6 Å². The summed E-state index contributed by atoms with van der Waals surface area (Å²) in [5.74, 6) is 1.01. The zero-order valence-corrected chi connectivity index (χ0v) is 12.7. The minimum Gasteiger partial charge on any atom is -0.490 e. The summed E-state index contributed by atoms with van der Waals surface area (Å²) in [6, 6.07) is 6.85. The first-order valence-electron chi connectivity index (χ1n) is 8.07. The Kier molecular flexibility index (Phi) is 4.44. The average molecular weight is 288 g/mol. The molecule has 2 aliphatic heterocycles. The largest absolute Gasteiger partial charge is 0.490 e. The molecule has 0 aliphatic carbocycles. The summed E-state index contributed by atoms with van der Waals surface area (Å²) in [5.41, 5.74) is 2.23. The molecule has 2 heterocycles. The van der Waals surface area contributed by atoms with Crippen LogP contribution in [-0.4, -0.2) is 31.6 Å². The number of carbonyl (C=O) groups is 1. The Morgan fingerprint density at radius 3 is 3.10 bits per heavy atom. The summed E-state index contributed by atoms with van der Waals surface area (Å²) in [6.45, 7) is 4.28. The molecule has 1 aromatic carbocycles. The number of fused-ring (bicyclic) bond motifs is 1. The van der Waals surface area contributed by atoms with E-state index in [-0.39, 0.29) is 5.91 Å². The molecule has 4 nitrogen and oxygen atoms in total. The number of anilines is 1. The molecule has 1 N–H and O–H groups in total. The predicted octanol–water partition coefficient (Wildman–Crippen LogP) is 2.51. The van der Waals surface area contributed by atoms with E-state index in [4.69, 9.17) is 4.74 Å². The van der Waals surface area contributed by atoms with Crippen molar-refractivity contribution < 1.29 is 9.53 Å². The van der Waals surface area contributed by atoms with Crippen LogP contribution in [0.2, 0.25) is 0 Å². The van der Waals surface area contributed by atoms with Gasteiger partial charge in [0.15, 0.2) is 0 Å². The van der Waals surface area contributed by atoms with Crippen LogP contribution >= 0.6 is 0 Å². The van der Waals surface area contributed by atoms with Crippen molar-refractivity contribution in [1.82, 2.24) is 5.32 Å². The van der Waals surface area contributed by atoms with Gasteiger partial charge in [0.25, 0.3) is 0 Å². The van der Waals surface area contributed by atoms with Crippen LogP contribution in [0.15, 0.2) is 18.2 Å². The van der Waals surface area contributed by atoms with E-state index in [0.29, 0.717) is 25.6 Å². The molecule has 1 saturated heterocycles. The third kappa shape index (κ3) is 3.21. The fourth-order valence-electron chi connectivity index (χ4n) is 3.22. The summed E-state index contributed by atoms with van der Waals surface area (Å²) in [4.78, 5) is 14.0. The highest BCUT2D eigenvalue weighted by molar-refractivity contribution is 5.95. The molecule has 0 saturated carbocycles. The third-order valence-electron chi connectivity index (χ3n) is 4.38. The maximum atomic E-state index is 12.1. The maximum Gasteiger partial charge on any atom is 0.226 e. The Balaban J connectivity index is 1.79. The first kappa shape index (κ1) is 14.4. The Morgan fingerprint density at radius 2 is 2.33 bits per heavy atom. The fraction of sp³-hybridized carbons (Fsp3) is 0.588. The zero-order chi connectivity index (χ0) is 14.7. The normalized spacial score (nSPS) is 21.6. The van der Waals surface area contributed by atoms with E-state index in [2.05, 4.69) is 17.4 Å². The average Bonchev–Trinajstić information content (AvgIpc) is 2.54. The van der Waals surface area contributed by atoms with Gasteiger partial charge in [0.2, 0.25) is 5.91 Å². The second kappa shape index (κ2) is 6.48. The molecule has 0 radical (unpaired) electrons. The van der Waals surface area contributed by atoms with Crippen molar-refractivity contribution in [1.29, 1.82) is 0 Å². The van der Waals surface area contributed by atoms with Crippen LogP contribution in [0.4, 0.5) is 5.69 Å². The van der Waals surface area contributed by atoms with Crippen molar-refractivity contribution in [2.24, 2.45) is 0 Å². The fourth-order valence-corrected chi connectivity index (χ4v) is 3.22. The van der Waals surface area contributed by atoms with Crippen LogP contribution in [0, 0.1) is 0 Å². The van der Waals surface area contributed by atoms with Crippen molar-refractivity contribution in [3.8, 4) is 5.75 Å². The Labute approximate surface area is 126 Å². The highest BCUT2D eigenvalue weighted by Gasteiger charge is 2.23. The number of nitrogens with one attached hydrogen (secondary N) is 1. The summed E-state index contributed by atoms with van der Waals surface area (Å²) < 4.78 is 5.68. The Hall–Kier alpha value is -1.55. The van der Waals surface area contributed by atoms with E-state index < -0.39 is 0 Å². The van der Waals surface area contributed by atoms with Gasteiger partial charge in [0.05, 0.1) is 12.2 Å². The van der Waals surface area contributed by atoms with Gasteiger partial charge in [-0.2, -0.15) is 0 Å². The van der Waals surface area contributed by atoms with E-state index in [1.54, 1.807) is 0 Å². The molecule has 114 valence electrons. The molecule has 0 bridgehead atoms. The number of benzene rings is 1. The minimum atomic E-state index is 0.174. The minimum absolute atomic E-state index is 0.174. The number of piperidine rings is 1. The van der Waals surface area contributed by atoms with Crippen LogP contribution in [0.3, 0.4) is 0 Å². The second-order valence-electron chi connectivity index (χ2n) is 5.90. The third-order valence-corrected chi connectivity index (χ3v) is 4.38. The van der Waals surface area contributed by atoms with E-state index in [0.717, 1.165) is 24.4 Å². The number of hydrogen-bond acceptors (Lipinski definition) is 3. The first-order chi connectivity index (χ1) is 10.3. The van der Waals surface area contributed by atoms with Crippen molar-refractivity contribution in [3.63, 3.8) is 0 Å². The van der Waals surface area contributed by atoms with Crippen LogP contribution in [-0.2, 0) is 11.2 Å². The molecule has 0 aromatic heterocycles. The van der Waals surface area contributed by atoms with Gasteiger partial charge in [-0.05, 0) is 43.5 Å². The lowest BCUT2D eigenvalue weighted by molar-refractivity contribution is -0.118. The number of amides is 1. The number of hydrogen-bond donors (Lipinski definition) is 1. The molecule has 4 heteroatoms. The molecule has 1 atom stereocenters. The molecule has 1 aromatic rings. The van der Waals surface area contributed by atoms with Gasteiger partial charge < -0.3 is 15.0 Å². The Bertz CT molecular complexity index is 510. The van der Waals surface area contributed by atoms with Crippen LogP contribution in [0.5, 0.6) is 5.75 Å². The number of ether oxygens (including phenoxy) is 1. The molecule has 3 rings (SSSR count). The van der Waals surface area contributed by atoms with Gasteiger partial charge >= 0.3 is 0 Å². The zero-order valence-electron chi connectivity index (χ0n) is 12.7. The van der Waals surface area contributed by atoms with Crippen molar-refractivity contribution >= 4 is 11.6 Å². The molecular formula is C17H24N2O2. The van der Waals surface area contributed by atoms with Gasteiger partial charge in [0, 0.05) is 12.5 Å². The summed E-state index contributed by atoms with van der Waals surface area (Å²) >= 11 is 0. The molecule has 1 amide bonds. The first-order valence-corrected chi connectivity index (χ1v) is 8.07. The van der Waals surface area contributed by atoms with Crippen molar-refractivity contribution in [3.05, 3.63) is 23.8 Å². The summed E-state index contributed by atoms with van der Waals surface area (Å²) in [6.07, 6.45) is 5.40. The summed E-state index contributed by atoms with van der Waals surface area (Å²) in [5, 5.41) is 3.58. The lowest BCUT2D eigenvalue weighted by atomic mass is 9.97. The van der Waals surface area contributed by atoms with Crippen molar-refractivity contribution in [2.45, 2.75) is 45.1 Å². The van der Waals surface area contributed by atoms with E-state index in [1.807, 2.05) is 17.9 Å². The monoisotopic (exact) mass is 288 g/mol. The number of rotatable bonds is 3. The molecule has 21 heavy (non-hydrogen) atoms.